The highest BCUT2D eigenvalue weighted by Crippen LogP contribution is 2.40. The molecule has 1 heterocycles. The number of hydrogen-bond acceptors (Lipinski definition) is 4. The van der Waals surface area contributed by atoms with E-state index < -0.39 is 11.4 Å². The van der Waals surface area contributed by atoms with E-state index in [2.05, 4.69) is 10.6 Å². The fourth-order valence-electron chi connectivity index (χ4n) is 2.21. The highest BCUT2D eigenvalue weighted by Gasteiger charge is 2.44. The minimum atomic E-state index is -0.861. The van der Waals surface area contributed by atoms with Crippen LogP contribution in [0.4, 0.5) is 0 Å². The predicted octanol–water partition coefficient (Wildman–Crippen LogP) is 0.771. The van der Waals surface area contributed by atoms with Crippen LogP contribution in [0.3, 0.4) is 0 Å². The summed E-state index contributed by atoms with van der Waals surface area (Å²) in [5.74, 6) is -1.33. The first kappa shape index (κ1) is 15.1. The van der Waals surface area contributed by atoms with Gasteiger partial charge in [0.05, 0.1) is 11.7 Å². The maximum Gasteiger partial charge on any atom is 0.311 e. The van der Waals surface area contributed by atoms with Gasteiger partial charge >= 0.3 is 5.97 Å². The SMILES string of the molecule is O=C(CCNC(=O)c1ccco1)NCC1(C(=O)O)CCC1. The zero-order chi connectivity index (χ0) is 15.3. The first-order valence-corrected chi connectivity index (χ1v) is 6.85. The Morgan fingerprint density at radius 3 is 2.57 bits per heavy atom. The fourth-order valence-corrected chi connectivity index (χ4v) is 2.21. The van der Waals surface area contributed by atoms with Gasteiger partial charge in [0.2, 0.25) is 5.91 Å². The molecule has 1 fully saturated rings. The van der Waals surface area contributed by atoms with Gasteiger partial charge in [-0.2, -0.15) is 0 Å². The van der Waals surface area contributed by atoms with E-state index in [9.17, 15) is 14.4 Å². The van der Waals surface area contributed by atoms with Gasteiger partial charge in [-0.1, -0.05) is 6.42 Å². The van der Waals surface area contributed by atoms with Crippen LogP contribution >= 0.6 is 0 Å². The third-order valence-corrected chi connectivity index (χ3v) is 3.77. The minimum absolute atomic E-state index is 0.0994. The maximum atomic E-state index is 11.6. The molecule has 21 heavy (non-hydrogen) atoms. The zero-order valence-electron chi connectivity index (χ0n) is 11.6. The summed E-state index contributed by atoms with van der Waals surface area (Å²) in [5, 5.41) is 14.3. The van der Waals surface area contributed by atoms with Crippen LogP contribution in [0.1, 0.15) is 36.2 Å². The lowest BCUT2D eigenvalue weighted by molar-refractivity contribution is -0.154. The lowest BCUT2D eigenvalue weighted by atomic mass is 9.69. The standard InChI is InChI=1S/C14H18N2O5/c17-11(16-9-14(13(19)20)5-2-6-14)4-7-15-12(18)10-3-1-8-21-10/h1,3,8H,2,4-7,9H2,(H,15,18)(H,16,17)(H,19,20). The molecule has 0 spiro atoms. The topological polar surface area (TPSA) is 109 Å². The van der Waals surface area contributed by atoms with Crippen molar-refractivity contribution < 1.29 is 23.9 Å². The highest BCUT2D eigenvalue weighted by molar-refractivity contribution is 5.91. The predicted molar refractivity (Wildman–Crippen MR) is 72.6 cm³/mol. The molecule has 7 nitrogen and oxygen atoms in total. The van der Waals surface area contributed by atoms with Gasteiger partial charge in [-0.15, -0.1) is 0 Å². The van der Waals surface area contributed by atoms with Crippen molar-refractivity contribution in [3.05, 3.63) is 24.2 Å². The van der Waals surface area contributed by atoms with Crippen LogP contribution in [0.2, 0.25) is 0 Å². The second-order valence-electron chi connectivity index (χ2n) is 5.20. The monoisotopic (exact) mass is 294 g/mol. The second kappa shape index (κ2) is 6.43. The van der Waals surface area contributed by atoms with Gasteiger partial charge in [0.15, 0.2) is 5.76 Å². The molecule has 114 valence electrons. The van der Waals surface area contributed by atoms with Gasteiger partial charge in [0.25, 0.3) is 5.91 Å². The molecule has 0 saturated heterocycles. The summed E-state index contributed by atoms with van der Waals surface area (Å²) in [6.07, 6.45) is 3.56. The summed E-state index contributed by atoms with van der Waals surface area (Å²) in [6, 6.07) is 3.13. The maximum absolute atomic E-state index is 11.6. The second-order valence-corrected chi connectivity index (χ2v) is 5.20. The minimum Gasteiger partial charge on any atom is -0.481 e. The Morgan fingerprint density at radius 1 is 1.29 bits per heavy atom. The number of carboxylic acid groups (broad SMARTS) is 1. The molecular formula is C14H18N2O5. The van der Waals surface area contributed by atoms with Gasteiger partial charge in [0.1, 0.15) is 0 Å². The van der Waals surface area contributed by atoms with E-state index in [0.717, 1.165) is 6.42 Å². The Kier molecular flexibility index (Phi) is 4.62. The molecule has 1 aromatic rings. The third kappa shape index (κ3) is 3.62. The largest absolute Gasteiger partial charge is 0.481 e. The molecule has 0 atom stereocenters. The molecule has 2 amide bonds. The lowest BCUT2D eigenvalue weighted by Crippen LogP contribution is -2.47. The van der Waals surface area contributed by atoms with Crippen molar-refractivity contribution in [1.82, 2.24) is 10.6 Å². The van der Waals surface area contributed by atoms with Crippen molar-refractivity contribution in [1.29, 1.82) is 0 Å². The molecule has 1 aliphatic carbocycles. The Hall–Kier alpha value is -2.31. The average Bonchev–Trinajstić information content (AvgIpc) is 2.90. The summed E-state index contributed by atoms with van der Waals surface area (Å²) in [6.45, 7) is 0.318. The number of rotatable bonds is 7. The molecule has 0 aliphatic heterocycles. The average molecular weight is 294 g/mol. The summed E-state index contributed by atoms with van der Waals surface area (Å²) >= 11 is 0. The molecule has 0 unspecified atom stereocenters. The first-order valence-electron chi connectivity index (χ1n) is 6.85. The molecule has 0 bridgehead atoms. The van der Waals surface area contributed by atoms with Crippen molar-refractivity contribution in [2.24, 2.45) is 5.41 Å². The van der Waals surface area contributed by atoms with E-state index in [4.69, 9.17) is 9.52 Å². The highest BCUT2D eigenvalue weighted by atomic mass is 16.4. The van der Waals surface area contributed by atoms with Crippen LogP contribution in [0, 0.1) is 5.41 Å². The van der Waals surface area contributed by atoms with Gasteiger partial charge in [0, 0.05) is 19.5 Å². The van der Waals surface area contributed by atoms with Crippen molar-refractivity contribution in [3.8, 4) is 0 Å². The number of carbonyl (C=O) groups excluding carboxylic acids is 2. The van der Waals surface area contributed by atoms with Crippen molar-refractivity contribution in [2.45, 2.75) is 25.7 Å². The van der Waals surface area contributed by atoms with E-state index in [1.807, 2.05) is 0 Å². The van der Waals surface area contributed by atoms with Gasteiger partial charge < -0.3 is 20.2 Å². The van der Waals surface area contributed by atoms with Crippen LogP contribution in [-0.2, 0) is 9.59 Å². The quantitative estimate of drug-likeness (QED) is 0.688. The van der Waals surface area contributed by atoms with E-state index in [-0.39, 0.29) is 37.1 Å². The molecule has 7 heteroatoms. The Morgan fingerprint density at radius 2 is 2.05 bits per heavy atom. The molecule has 1 aliphatic rings. The first-order chi connectivity index (χ1) is 10.0. The summed E-state index contributed by atoms with van der Waals surface area (Å²) in [4.78, 5) is 34.3. The third-order valence-electron chi connectivity index (χ3n) is 3.77. The number of carboxylic acids is 1. The number of hydrogen-bond donors (Lipinski definition) is 3. The van der Waals surface area contributed by atoms with E-state index in [1.165, 1.54) is 12.3 Å². The van der Waals surface area contributed by atoms with E-state index in [1.54, 1.807) is 6.07 Å². The van der Waals surface area contributed by atoms with Gasteiger partial charge in [-0.05, 0) is 25.0 Å². The van der Waals surface area contributed by atoms with Gasteiger partial charge in [-0.25, -0.2) is 0 Å². The summed E-state index contributed by atoms with van der Waals surface area (Å²) in [7, 11) is 0. The Bertz CT molecular complexity index is 519. The van der Waals surface area contributed by atoms with Crippen LogP contribution in [0.25, 0.3) is 0 Å². The number of nitrogens with one attached hydrogen (secondary N) is 2. The van der Waals surface area contributed by atoms with Crippen LogP contribution < -0.4 is 10.6 Å². The van der Waals surface area contributed by atoms with Crippen LogP contribution in [0.5, 0.6) is 0 Å². The Labute approximate surface area is 121 Å². The van der Waals surface area contributed by atoms with E-state index in [0.29, 0.717) is 12.8 Å². The van der Waals surface area contributed by atoms with Crippen molar-refractivity contribution >= 4 is 17.8 Å². The number of aliphatic carboxylic acids is 1. The molecule has 0 aromatic carbocycles. The van der Waals surface area contributed by atoms with Crippen LogP contribution in [-0.4, -0.2) is 36.0 Å². The molecule has 1 aromatic heterocycles. The van der Waals surface area contributed by atoms with E-state index >= 15 is 0 Å². The summed E-state index contributed by atoms with van der Waals surface area (Å²) < 4.78 is 4.92. The lowest BCUT2D eigenvalue weighted by Gasteiger charge is -2.37. The number of carbonyl (C=O) groups is 3. The van der Waals surface area contributed by atoms with Crippen LogP contribution in [0.15, 0.2) is 22.8 Å². The zero-order valence-corrected chi connectivity index (χ0v) is 11.6. The number of amides is 2. The molecule has 1 saturated carbocycles. The number of furan rings is 1. The summed E-state index contributed by atoms with van der Waals surface area (Å²) in [5.41, 5.74) is -0.799. The normalized spacial score (nSPS) is 15.8. The molecule has 3 N–H and O–H groups in total. The fraction of sp³-hybridized carbons (Fsp3) is 0.500. The van der Waals surface area contributed by atoms with Crippen molar-refractivity contribution in [2.75, 3.05) is 13.1 Å². The molecular weight excluding hydrogens is 276 g/mol. The smallest absolute Gasteiger partial charge is 0.311 e. The molecule has 0 radical (unpaired) electrons. The Balaban J connectivity index is 1.66. The molecule has 2 rings (SSSR count). The van der Waals surface area contributed by atoms with Crippen molar-refractivity contribution in [3.63, 3.8) is 0 Å². The van der Waals surface area contributed by atoms with Gasteiger partial charge in [-0.3, -0.25) is 14.4 Å².